The van der Waals surface area contributed by atoms with Crippen LogP contribution in [0, 0.1) is 5.82 Å². The van der Waals surface area contributed by atoms with Crippen molar-refractivity contribution in [1.82, 2.24) is 4.98 Å². The first-order valence-corrected chi connectivity index (χ1v) is 10.1. The van der Waals surface area contributed by atoms with Crippen LogP contribution in [0.2, 0.25) is 10.0 Å². The van der Waals surface area contributed by atoms with Crippen molar-refractivity contribution in [2.24, 2.45) is 0 Å². The van der Waals surface area contributed by atoms with Gasteiger partial charge in [-0.15, -0.1) is 0 Å². The number of ether oxygens (including phenoxy) is 3. The monoisotopic (exact) mass is 463 g/mol. The Bertz CT molecular complexity index is 1040. The molecule has 0 bridgehead atoms. The first-order valence-electron chi connectivity index (χ1n) is 9.36. The van der Waals surface area contributed by atoms with Gasteiger partial charge >= 0.3 is 0 Å². The Labute approximate surface area is 189 Å². The van der Waals surface area contributed by atoms with Crippen LogP contribution in [-0.4, -0.2) is 32.1 Å². The van der Waals surface area contributed by atoms with Crippen molar-refractivity contribution < 1.29 is 23.4 Å². The highest BCUT2D eigenvalue weighted by Gasteiger charge is 2.27. The van der Waals surface area contributed by atoms with Crippen molar-refractivity contribution >= 4 is 29.5 Å². The summed E-state index contributed by atoms with van der Waals surface area (Å²) in [5, 5.41) is 0.522. The number of pyridine rings is 1. The molecule has 0 N–H and O–H groups in total. The molecule has 0 radical (unpaired) electrons. The minimum absolute atomic E-state index is 0.256. The van der Waals surface area contributed by atoms with Gasteiger partial charge in [-0.2, -0.15) is 0 Å². The van der Waals surface area contributed by atoms with Crippen molar-refractivity contribution in [1.29, 1.82) is 0 Å². The van der Waals surface area contributed by atoms with Crippen molar-refractivity contribution in [3.05, 3.63) is 81.3 Å². The molecule has 0 spiro atoms. The van der Waals surface area contributed by atoms with Crippen LogP contribution < -0.4 is 14.2 Å². The number of methoxy groups -OCH3 is 2. The quantitative estimate of drug-likeness (QED) is 0.392. The first-order chi connectivity index (χ1) is 15.0. The molecule has 0 aliphatic rings. The lowest BCUT2D eigenvalue weighted by molar-refractivity contribution is -0.108. The number of carbonyl (C=O) groups excluding carboxylic acids is 1. The predicted molar refractivity (Wildman–Crippen MR) is 117 cm³/mol. The summed E-state index contributed by atoms with van der Waals surface area (Å²) in [7, 11) is 2.99. The van der Waals surface area contributed by atoms with E-state index in [9.17, 15) is 9.18 Å². The maximum Gasteiger partial charge on any atom is 0.203 e. The number of rotatable bonds is 9. The van der Waals surface area contributed by atoms with Gasteiger partial charge in [-0.1, -0.05) is 41.4 Å². The highest BCUT2D eigenvalue weighted by Crippen LogP contribution is 2.45. The van der Waals surface area contributed by atoms with E-state index >= 15 is 0 Å². The van der Waals surface area contributed by atoms with E-state index < -0.39 is 5.92 Å². The van der Waals surface area contributed by atoms with Crippen LogP contribution in [-0.2, 0) is 11.2 Å². The molecule has 5 nitrogen and oxygen atoms in total. The summed E-state index contributed by atoms with van der Waals surface area (Å²) in [5.74, 6) is 0.00171. The zero-order valence-electron chi connectivity index (χ0n) is 16.9. The molecule has 3 rings (SSSR count). The van der Waals surface area contributed by atoms with E-state index in [-0.39, 0.29) is 22.5 Å². The Morgan fingerprint density at radius 2 is 1.68 bits per heavy atom. The third-order valence-corrected chi connectivity index (χ3v) is 5.36. The Morgan fingerprint density at radius 3 is 2.26 bits per heavy atom. The molecule has 0 aliphatic carbocycles. The van der Waals surface area contributed by atoms with Crippen molar-refractivity contribution in [2.45, 2.75) is 12.3 Å². The summed E-state index contributed by atoms with van der Waals surface area (Å²) >= 11 is 12.6. The van der Waals surface area contributed by atoms with E-state index in [1.165, 1.54) is 38.7 Å². The second kappa shape index (κ2) is 10.5. The third-order valence-electron chi connectivity index (χ3n) is 4.75. The topological polar surface area (TPSA) is 57.7 Å². The van der Waals surface area contributed by atoms with Gasteiger partial charge < -0.3 is 19.0 Å². The molecule has 31 heavy (non-hydrogen) atoms. The van der Waals surface area contributed by atoms with Gasteiger partial charge in [0.2, 0.25) is 5.75 Å². The van der Waals surface area contributed by atoms with Crippen molar-refractivity contribution in [3.8, 4) is 17.2 Å². The Balaban J connectivity index is 2.01. The molecule has 8 heteroatoms. The van der Waals surface area contributed by atoms with Crippen LogP contribution in [0.15, 0.2) is 48.8 Å². The molecule has 1 atom stereocenters. The number of benzene rings is 2. The minimum Gasteiger partial charge on any atom is -0.493 e. The predicted octanol–water partition coefficient (Wildman–Crippen LogP) is 5.50. The van der Waals surface area contributed by atoms with Gasteiger partial charge in [-0.25, -0.2) is 4.39 Å². The Morgan fingerprint density at radius 1 is 1.00 bits per heavy atom. The lowest BCUT2D eigenvalue weighted by Gasteiger charge is -2.21. The summed E-state index contributed by atoms with van der Waals surface area (Å²) in [5.41, 5.74) is 1.84. The van der Waals surface area contributed by atoms with Crippen LogP contribution in [0.25, 0.3) is 0 Å². The van der Waals surface area contributed by atoms with Gasteiger partial charge in [0, 0.05) is 29.9 Å². The number of carbonyl (C=O) groups is 1. The van der Waals surface area contributed by atoms with Gasteiger partial charge in [0.25, 0.3) is 0 Å². The maximum atomic E-state index is 13.1. The zero-order chi connectivity index (χ0) is 22.4. The fraction of sp³-hybridized carbons (Fsp3) is 0.217. The number of aromatic nitrogens is 1. The second-order valence-corrected chi connectivity index (χ2v) is 7.39. The highest BCUT2D eigenvalue weighted by atomic mass is 35.5. The third kappa shape index (κ3) is 5.09. The summed E-state index contributed by atoms with van der Waals surface area (Å²) in [6.07, 6.45) is 4.11. The fourth-order valence-electron chi connectivity index (χ4n) is 3.24. The standard InChI is InChI=1S/C23H20Cl2FNO4/c1-29-20-8-7-16(17(13-28)21-18(24)11-27-12-19(21)25)22(23(20)30-2)31-10-9-14-3-5-15(26)6-4-14/h3-8,11-13,17H,9-10H2,1-2H3. The molecule has 0 aliphatic heterocycles. The number of hydrogen-bond acceptors (Lipinski definition) is 5. The molecule has 1 unspecified atom stereocenters. The maximum absolute atomic E-state index is 13.1. The summed E-state index contributed by atoms with van der Waals surface area (Å²) in [6, 6.07) is 9.55. The van der Waals surface area contributed by atoms with Crippen LogP contribution in [0.4, 0.5) is 4.39 Å². The van der Waals surface area contributed by atoms with Gasteiger partial charge in [0.1, 0.15) is 12.1 Å². The van der Waals surface area contributed by atoms with Gasteiger partial charge in [-0.3, -0.25) is 4.98 Å². The minimum atomic E-state index is -0.816. The zero-order valence-corrected chi connectivity index (χ0v) is 18.4. The number of halogens is 3. The first kappa shape index (κ1) is 22.8. The van der Waals surface area contributed by atoms with E-state index in [0.29, 0.717) is 34.8 Å². The lowest BCUT2D eigenvalue weighted by Crippen LogP contribution is -2.11. The summed E-state index contributed by atoms with van der Waals surface area (Å²) in [6.45, 7) is 0.256. The molecule has 2 aromatic carbocycles. The molecule has 3 aromatic rings. The highest BCUT2D eigenvalue weighted by molar-refractivity contribution is 6.36. The molecule has 1 heterocycles. The lowest BCUT2D eigenvalue weighted by atomic mass is 9.92. The van der Waals surface area contributed by atoms with E-state index in [1.54, 1.807) is 24.3 Å². The fourth-order valence-corrected chi connectivity index (χ4v) is 3.84. The molecular weight excluding hydrogens is 444 g/mol. The molecule has 1 aromatic heterocycles. The van der Waals surface area contributed by atoms with Crippen molar-refractivity contribution in [3.63, 3.8) is 0 Å². The molecule has 0 saturated heterocycles. The van der Waals surface area contributed by atoms with Crippen LogP contribution in [0.3, 0.4) is 0 Å². The van der Waals surface area contributed by atoms with Crippen LogP contribution in [0.1, 0.15) is 22.6 Å². The Hall–Kier alpha value is -2.83. The molecule has 0 amide bonds. The van der Waals surface area contributed by atoms with Crippen molar-refractivity contribution in [2.75, 3.05) is 20.8 Å². The van der Waals surface area contributed by atoms with E-state index in [2.05, 4.69) is 4.98 Å². The SMILES string of the molecule is COc1ccc(C(C=O)c2c(Cl)cncc2Cl)c(OCCc2ccc(F)cc2)c1OC. The normalized spacial score (nSPS) is 11.6. The van der Waals surface area contributed by atoms with E-state index in [0.717, 1.165) is 11.8 Å². The van der Waals surface area contributed by atoms with Gasteiger partial charge in [0.05, 0.1) is 36.8 Å². The number of hydrogen-bond donors (Lipinski definition) is 0. The number of aldehydes is 1. The molecule has 0 fully saturated rings. The van der Waals surface area contributed by atoms with E-state index in [1.807, 2.05) is 0 Å². The van der Waals surface area contributed by atoms with Crippen LogP contribution in [0.5, 0.6) is 17.2 Å². The van der Waals surface area contributed by atoms with Gasteiger partial charge in [0.15, 0.2) is 11.5 Å². The van der Waals surface area contributed by atoms with Gasteiger partial charge in [-0.05, 0) is 23.8 Å². The van der Waals surface area contributed by atoms with E-state index in [4.69, 9.17) is 37.4 Å². The average molecular weight is 464 g/mol. The van der Waals surface area contributed by atoms with Crippen LogP contribution >= 0.6 is 23.2 Å². The summed E-state index contributed by atoms with van der Waals surface area (Å²) in [4.78, 5) is 16.1. The largest absolute Gasteiger partial charge is 0.493 e. The smallest absolute Gasteiger partial charge is 0.203 e. The molecule has 0 saturated carbocycles. The molecule has 162 valence electrons. The Kier molecular flexibility index (Phi) is 7.71. The summed E-state index contributed by atoms with van der Waals surface area (Å²) < 4.78 is 30.1. The number of nitrogens with zero attached hydrogens (tertiary/aromatic N) is 1. The molecular formula is C23H20Cl2FNO4. The average Bonchev–Trinajstić information content (AvgIpc) is 2.77. The second-order valence-electron chi connectivity index (χ2n) is 6.57.